The molecule has 24 heavy (non-hydrogen) atoms. The molecule has 0 saturated carbocycles. The summed E-state index contributed by atoms with van der Waals surface area (Å²) in [6.07, 6.45) is 0.833. The molecule has 0 aliphatic heterocycles. The molecule has 2 aromatic carbocycles. The number of phenolic OH excluding ortho intramolecular Hbond substituents is 1. The fraction of sp³-hybridized carbons (Fsp3) is 0.133. The van der Waals surface area contributed by atoms with Crippen molar-refractivity contribution in [1.82, 2.24) is 0 Å². The van der Waals surface area contributed by atoms with E-state index in [9.17, 15) is 18.3 Å². The zero-order chi connectivity index (χ0) is 18.9. The number of anilines is 1. The van der Waals surface area contributed by atoms with E-state index in [4.69, 9.17) is 15.4 Å². The van der Waals surface area contributed by atoms with Crippen molar-refractivity contribution in [2.75, 3.05) is 5.73 Å². The van der Waals surface area contributed by atoms with E-state index in [1.54, 1.807) is 12.1 Å². The van der Waals surface area contributed by atoms with E-state index in [0.717, 1.165) is 61.1 Å². The van der Waals surface area contributed by atoms with Gasteiger partial charge in [0.05, 0.1) is 4.90 Å². The van der Waals surface area contributed by atoms with Gasteiger partial charge in [0, 0.05) is 23.2 Å². The molecule has 0 fully saturated rings. The summed E-state index contributed by atoms with van der Waals surface area (Å²) in [6.45, 7) is 5.17. The summed E-state index contributed by atoms with van der Waals surface area (Å²) in [5.41, 5.74) is 5.98. The van der Waals surface area contributed by atoms with Gasteiger partial charge in [0.25, 0.3) is 10.1 Å². The van der Waals surface area contributed by atoms with E-state index in [2.05, 4.69) is 13.5 Å². The van der Waals surface area contributed by atoms with Gasteiger partial charge in [-0.2, -0.15) is 8.42 Å². The first-order chi connectivity index (χ1) is 11.1. The molecule has 0 spiro atoms. The smallest absolute Gasteiger partial charge is 0.294 e. The van der Waals surface area contributed by atoms with E-state index in [0.29, 0.717) is 16.5 Å². The Labute approximate surface area is 174 Å². The van der Waals surface area contributed by atoms with Crippen molar-refractivity contribution in [1.29, 1.82) is 0 Å². The topological polar surface area (TPSA) is 138 Å². The van der Waals surface area contributed by atoms with E-state index < -0.39 is 16.1 Å². The van der Waals surface area contributed by atoms with Gasteiger partial charge in [-0.05, 0) is 29.7 Å². The number of carbonyl (C=O) groups is 1. The van der Waals surface area contributed by atoms with Crippen LogP contribution in [-0.2, 0) is 14.9 Å². The van der Waals surface area contributed by atoms with Crippen LogP contribution in [0.1, 0.15) is 6.92 Å². The van der Waals surface area contributed by atoms with Crippen molar-refractivity contribution in [3.63, 3.8) is 0 Å². The quantitative estimate of drug-likeness (QED) is 0.272. The maximum absolute atomic E-state index is 10.9. The number of rotatable bonds is 2. The van der Waals surface area contributed by atoms with Gasteiger partial charge in [0.15, 0.2) is 0 Å². The summed E-state index contributed by atoms with van der Waals surface area (Å²) < 4.78 is 32.2. The number of carboxylic acids is 1. The summed E-state index contributed by atoms with van der Waals surface area (Å²) in [7, 11) is -4.33. The predicted octanol–water partition coefficient (Wildman–Crippen LogP) is 2.22. The van der Waals surface area contributed by atoms with Gasteiger partial charge >= 0.3 is 62.4 Å². The molecule has 0 aliphatic carbocycles. The molecule has 126 valence electrons. The van der Waals surface area contributed by atoms with Crippen molar-refractivity contribution in [2.45, 2.75) is 12.3 Å². The number of fused-ring (bicyclic) bond motifs is 1. The second-order valence-electron chi connectivity index (χ2n) is 4.65. The van der Waals surface area contributed by atoms with Crippen LogP contribution in [0.4, 0.5) is 5.69 Å². The van der Waals surface area contributed by atoms with E-state index in [1.807, 2.05) is 0 Å². The molecule has 0 heterocycles. The van der Waals surface area contributed by atoms with Crippen LogP contribution < -0.4 is 5.73 Å². The number of nitrogen functional groups attached to an aromatic ring is 1. The number of phenols is 1. The maximum Gasteiger partial charge on any atom is 0.294 e. The number of hydrogen-bond acceptors (Lipinski definition) is 5. The molecule has 5 N–H and O–H groups in total. The molecule has 2 rings (SSSR count). The SMILES string of the molecule is C=CC(=O)O.C[CH2][K].Nc1ccc2c(O)cc(S(=O)(=O)O)cc2c1. The number of nitrogens with two attached hydrogens (primary N) is 1. The van der Waals surface area contributed by atoms with E-state index in [1.165, 1.54) is 12.6 Å². The van der Waals surface area contributed by atoms with Crippen molar-refractivity contribution < 1.29 is 28.0 Å². The van der Waals surface area contributed by atoms with Gasteiger partial charge in [0.1, 0.15) is 5.75 Å². The molecule has 7 nitrogen and oxygen atoms in total. The Morgan fingerprint density at radius 3 is 2.25 bits per heavy atom. The van der Waals surface area contributed by atoms with Gasteiger partial charge < -0.3 is 15.9 Å². The third-order valence-electron chi connectivity index (χ3n) is 2.40. The molecule has 0 radical (unpaired) electrons. The fourth-order valence-electron chi connectivity index (χ4n) is 1.49. The Hall–Kier alpha value is -0.944. The van der Waals surface area contributed by atoms with Crippen LogP contribution in [-0.4, -0.2) is 78.1 Å². The molecule has 0 aliphatic rings. The van der Waals surface area contributed by atoms with Crippen LogP contribution >= 0.6 is 0 Å². The van der Waals surface area contributed by atoms with Gasteiger partial charge in [-0.15, -0.1) is 0 Å². The summed E-state index contributed by atoms with van der Waals surface area (Å²) in [6, 6.07) is 6.93. The summed E-state index contributed by atoms with van der Waals surface area (Å²) in [5, 5.41) is 18.1. The molecule has 0 bridgehead atoms. The molecular weight excluding hydrogens is 361 g/mol. The van der Waals surface area contributed by atoms with E-state index in [-0.39, 0.29) is 10.6 Å². The third kappa shape index (κ3) is 8.24. The van der Waals surface area contributed by atoms with Crippen molar-refractivity contribution in [3.8, 4) is 5.75 Å². The predicted molar refractivity (Wildman–Crippen MR) is 93.9 cm³/mol. The molecule has 0 aromatic heterocycles. The molecule has 0 unspecified atom stereocenters. The number of benzene rings is 2. The number of aromatic hydroxyl groups is 1. The largest absolute Gasteiger partial charge is 0.507 e. The second kappa shape index (κ2) is 10.8. The Morgan fingerprint density at radius 1 is 1.33 bits per heavy atom. The van der Waals surface area contributed by atoms with Crippen LogP contribution in [0, 0.1) is 0 Å². The standard InChI is InChI=1S/C10H9NO4S.C3H4O2.C2H5.K/c11-7-1-2-9-6(3-7)4-8(5-10(9)12)16(13,14)15;1-2-3(4)5;1-2;/h1-5,12H,11H2,(H,13,14,15);2H,1H2,(H,4,5);1H2,2H3;. The third-order valence-corrected chi connectivity index (χ3v) is 3.23. The van der Waals surface area contributed by atoms with Gasteiger partial charge in [-0.25, -0.2) is 4.79 Å². The average Bonchev–Trinajstić information content (AvgIpc) is 2.47. The minimum Gasteiger partial charge on any atom is -0.507 e. The molecule has 0 saturated heterocycles. The zero-order valence-corrected chi connectivity index (χ0v) is 17.4. The first kappa shape index (κ1) is 23.1. The molecule has 0 atom stereocenters. The molecular formula is C15H18KNO6S. The minimum atomic E-state index is -4.33. The van der Waals surface area contributed by atoms with Crippen LogP contribution in [0.2, 0.25) is 0.515 Å². The van der Waals surface area contributed by atoms with Crippen LogP contribution in [0.3, 0.4) is 0 Å². The Balaban J connectivity index is 0.000000559. The van der Waals surface area contributed by atoms with E-state index >= 15 is 0 Å². The van der Waals surface area contributed by atoms with Gasteiger partial charge in [-0.3, -0.25) is 4.55 Å². The first-order valence-electron chi connectivity index (χ1n) is 6.91. The van der Waals surface area contributed by atoms with Crippen LogP contribution in [0.5, 0.6) is 5.75 Å². The average molecular weight is 379 g/mol. The summed E-state index contributed by atoms with van der Waals surface area (Å²) in [5.74, 6) is -1.20. The van der Waals surface area contributed by atoms with Crippen LogP contribution in [0.15, 0.2) is 47.9 Å². The van der Waals surface area contributed by atoms with Gasteiger partial charge in [-0.1, -0.05) is 6.58 Å². The maximum atomic E-state index is 10.9. The Bertz CT molecular complexity index is 820. The van der Waals surface area contributed by atoms with Crippen molar-refractivity contribution >= 4 is 81.5 Å². The number of aliphatic carboxylic acids is 1. The zero-order valence-electron chi connectivity index (χ0n) is 13.4. The Kier molecular flexibility index (Phi) is 10.4. The number of hydrogen-bond donors (Lipinski definition) is 4. The molecule has 2 aromatic rings. The summed E-state index contributed by atoms with van der Waals surface area (Å²) in [4.78, 5) is 8.89. The van der Waals surface area contributed by atoms with Crippen molar-refractivity contribution in [3.05, 3.63) is 43.0 Å². The van der Waals surface area contributed by atoms with Crippen LogP contribution in [0.25, 0.3) is 10.8 Å². The van der Waals surface area contributed by atoms with Crippen molar-refractivity contribution in [2.24, 2.45) is 0 Å². The minimum absolute atomic E-state index is 0.217. The fourth-order valence-corrected chi connectivity index (χ4v) is 2.03. The first-order valence-corrected chi connectivity index (χ1v) is 10.6. The normalized spacial score (nSPS) is 10.0. The monoisotopic (exact) mass is 379 g/mol. The second-order valence-corrected chi connectivity index (χ2v) is 8.28. The molecule has 9 heteroatoms. The molecule has 0 amide bonds. The number of carboxylic acid groups (broad SMARTS) is 1. The summed E-state index contributed by atoms with van der Waals surface area (Å²) >= 11 is 1.10. The van der Waals surface area contributed by atoms with Gasteiger partial charge in [0.2, 0.25) is 0 Å². The Morgan fingerprint density at radius 2 is 1.83 bits per heavy atom.